The van der Waals surface area contributed by atoms with Gasteiger partial charge in [-0.25, -0.2) is 8.42 Å². The fourth-order valence-corrected chi connectivity index (χ4v) is 3.77. The Hall–Kier alpha value is -2.23. The van der Waals surface area contributed by atoms with Gasteiger partial charge < -0.3 is 4.74 Å². The molecule has 0 amide bonds. The van der Waals surface area contributed by atoms with Gasteiger partial charge in [-0.05, 0) is 41.6 Å². The lowest BCUT2D eigenvalue weighted by molar-refractivity contribution is 0.414. The maximum absolute atomic E-state index is 12.5. The van der Waals surface area contributed by atoms with Crippen molar-refractivity contribution in [2.75, 3.05) is 7.11 Å². The van der Waals surface area contributed by atoms with Crippen molar-refractivity contribution in [3.05, 3.63) is 65.6 Å². The lowest BCUT2D eigenvalue weighted by Crippen LogP contribution is -1.97. The Morgan fingerprint density at radius 3 is 2.32 bits per heavy atom. The van der Waals surface area contributed by atoms with Crippen molar-refractivity contribution in [3.63, 3.8) is 0 Å². The van der Waals surface area contributed by atoms with Gasteiger partial charge in [-0.1, -0.05) is 30.3 Å². The third-order valence-electron chi connectivity index (χ3n) is 2.86. The molecular weight excluding hydrogens is 318 g/mol. The van der Waals surface area contributed by atoms with Gasteiger partial charge in [0.2, 0.25) is 9.84 Å². The maximum atomic E-state index is 12.5. The summed E-state index contributed by atoms with van der Waals surface area (Å²) in [5.74, 6) is 0.581. The number of sulfone groups is 1. The molecule has 0 N–H and O–H groups in total. The van der Waals surface area contributed by atoms with Crippen molar-refractivity contribution >= 4 is 26.5 Å². The van der Waals surface area contributed by atoms with Gasteiger partial charge in [0.1, 0.15) is 11.2 Å². The number of thiocyanates is 1. The fourth-order valence-electron chi connectivity index (χ4n) is 1.78. The van der Waals surface area contributed by atoms with Gasteiger partial charge >= 0.3 is 0 Å². The average molecular weight is 331 g/mol. The molecule has 0 heterocycles. The molecule has 0 aromatic heterocycles. The summed E-state index contributed by atoms with van der Waals surface area (Å²) in [5, 5.41) is 11.9. The Bertz CT molecular complexity index is 805. The van der Waals surface area contributed by atoms with Crippen LogP contribution >= 0.6 is 11.8 Å². The molecule has 2 aromatic carbocycles. The molecule has 0 aliphatic carbocycles. The number of benzene rings is 2. The van der Waals surface area contributed by atoms with E-state index >= 15 is 0 Å². The van der Waals surface area contributed by atoms with E-state index in [2.05, 4.69) is 0 Å². The van der Waals surface area contributed by atoms with E-state index in [1.54, 1.807) is 36.4 Å². The molecule has 112 valence electrons. The number of rotatable bonds is 5. The molecule has 0 aliphatic heterocycles. The highest BCUT2D eigenvalue weighted by Crippen LogP contribution is 2.29. The smallest absolute Gasteiger partial charge is 0.200 e. The number of hydrogen-bond donors (Lipinski definition) is 0. The fraction of sp³-hybridized carbons (Fsp3) is 0.0625. The number of ether oxygens (including phenoxy) is 1. The van der Waals surface area contributed by atoms with Crippen LogP contribution in [0.2, 0.25) is 0 Å². The molecule has 0 bridgehead atoms. The molecule has 0 fully saturated rings. The highest BCUT2D eigenvalue weighted by molar-refractivity contribution is 8.13. The van der Waals surface area contributed by atoms with E-state index in [-0.39, 0.29) is 4.90 Å². The van der Waals surface area contributed by atoms with Crippen molar-refractivity contribution in [2.45, 2.75) is 4.90 Å². The molecular formula is C16H13NO3S2. The minimum absolute atomic E-state index is 0.153. The predicted octanol–water partition coefficient (Wildman–Crippen LogP) is 3.68. The number of nitriles is 1. The summed E-state index contributed by atoms with van der Waals surface area (Å²) in [4.78, 5) is 0.541. The standard InChI is InChI=1S/C16H13NO3S2/c1-20-14-7-9-15(10-8-14)22(18,19)11-16(21-12-17)13-5-3-2-4-6-13/h2-11H,1H3/b16-11+. The van der Waals surface area contributed by atoms with Crippen LogP contribution in [0.25, 0.3) is 4.91 Å². The first-order valence-electron chi connectivity index (χ1n) is 6.29. The topological polar surface area (TPSA) is 67.2 Å². The van der Waals surface area contributed by atoms with Crippen LogP contribution in [0.1, 0.15) is 5.56 Å². The van der Waals surface area contributed by atoms with E-state index in [1.807, 2.05) is 11.5 Å². The summed E-state index contributed by atoms with van der Waals surface area (Å²) in [5.41, 5.74) is 0.686. The van der Waals surface area contributed by atoms with Crippen LogP contribution in [-0.2, 0) is 9.84 Å². The van der Waals surface area contributed by atoms with Crippen molar-refractivity contribution in [3.8, 4) is 11.2 Å². The normalized spacial score (nSPS) is 11.7. The van der Waals surface area contributed by atoms with Crippen LogP contribution in [0.15, 0.2) is 64.9 Å². The van der Waals surface area contributed by atoms with E-state index in [1.165, 1.54) is 19.2 Å². The van der Waals surface area contributed by atoms with Crippen LogP contribution in [0.3, 0.4) is 0 Å². The molecule has 0 radical (unpaired) electrons. The van der Waals surface area contributed by atoms with E-state index in [4.69, 9.17) is 10.00 Å². The molecule has 0 saturated carbocycles. The zero-order chi connectivity index (χ0) is 16.0. The van der Waals surface area contributed by atoms with Crippen LogP contribution < -0.4 is 4.74 Å². The number of methoxy groups -OCH3 is 1. The Morgan fingerprint density at radius 1 is 1.14 bits per heavy atom. The Labute approximate surface area is 134 Å². The minimum atomic E-state index is -3.64. The van der Waals surface area contributed by atoms with Crippen molar-refractivity contribution in [2.24, 2.45) is 0 Å². The van der Waals surface area contributed by atoms with Crippen molar-refractivity contribution in [1.29, 1.82) is 5.26 Å². The van der Waals surface area contributed by atoms with E-state index in [0.29, 0.717) is 16.2 Å². The predicted molar refractivity (Wildman–Crippen MR) is 87.8 cm³/mol. The summed E-state index contributed by atoms with van der Waals surface area (Å²) in [6.45, 7) is 0. The molecule has 0 saturated heterocycles. The van der Waals surface area contributed by atoms with E-state index in [0.717, 1.165) is 17.2 Å². The highest BCUT2D eigenvalue weighted by atomic mass is 32.2. The van der Waals surface area contributed by atoms with Crippen LogP contribution in [0, 0.1) is 10.7 Å². The summed E-state index contributed by atoms with van der Waals surface area (Å²) in [6, 6.07) is 15.1. The number of hydrogen-bond acceptors (Lipinski definition) is 5. The van der Waals surface area contributed by atoms with Crippen molar-refractivity contribution in [1.82, 2.24) is 0 Å². The lowest BCUT2D eigenvalue weighted by Gasteiger charge is -2.05. The Morgan fingerprint density at radius 2 is 1.77 bits per heavy atom. The van der Waals surface area contributed by atoms with Crippen molar-refractivity contribution < 1.29 is 13.2 Å². The highest BCUT2D eigenvalue weighted by Gasteiger charge is 2.14. The molecule has 4 nitrogen and oxygen atoms in total. The van der Waals surface area contributed by atoms with Gasteiger partial charge in [0.25, 0.3) is 0 Å². The second-order valence-electron chi connectivity index (χ2n) is 4.26. The quantitative estimate of drug-likeness (QED) is 0.782. The van der Waals surface area contributed by atoms with E-state index in [9.17, 15) is 8.42 Å². The monoisotopic (exact) mass is 331 g/mol. The summed E-state index contributed by atoms with van der Waals surface area (Å²) >= 11 is 0.821. The SMILES string of the molecule is COc1ccc(S(=O)(=O)/C=C(/SC#N)c2ccccc2)cc1. The van der Waals surface area contributed by atoms with Gasteiger partial charge in [0.15, 0.2) is 0 Å². The van der Waals surface area contributed by atoms with Gasteiger partial charge in [-0.3, -0.25) is 0 Å². The second-order valence-corrected chi connectivity index (χ2v) is 6.89. The molecule has 2 aromatic rings. The van der Waals surface area contributed by atoms with Crippen LogP contribution in [0.5, 0.6) is 5.75 Å². The molecule has 2 rings (SSSR count). The number of thioether (sulfide) groups is 1. The second kappa shape index (κ2) is 7.16. The average Bonchev–Trinajstić information content (AvgIpc) is 2.55. The van der Waals surface area contributed by atoms with Crippen LogP contribution in [-0.4, -0.2) is 15.5 Å². The summed E-state index contributed by atoms with van der Waals surface area (Å²) in [7, 11) is -2.13. The first-order chi connectivity index (χ1) is 10.6. The summed E-state index contributed by atoms with van der Waals surface area (Å²) in [6.07, 6.45) is 0. The first kappa shape index (κ1) is 16.1. The van der Waals surface area contributed by atoms with Gasteiger partial charge in [0, 0.05) is 4.91 Å². The molecule has 0 unspecified atom stereocenters. The van der Waals surface area contributed by atoms with Gasteiger partial charge in [-0.2, -0.15) is 5.26 Å². The Kier molecular flexibility index (Phi) is 5.26. The third kappa shape index (κ3) is 3.91. The molecule has 6 heteroatoms. The van der Waals surface area contributed by atoms with E-state index < -0.39 is 9.84 Å². The summed E-state index contributed by atoms with van der Waals surface area (Å²) < 4.78 is 29.9. The Balaban J connectivity index is 2.43. The molecule has 0 spiro atoms. The number of nitrogens with zero attached hydrogens (tertiary/aromatic N) is 1. The maximum Gasteiger partial charge on any atom is 0.200 e. The molecule has 22 heavy (non-hydrogen) atoms. The molecule has 0 atom stereocenters. The third-order valence-corrected chi connectivity index (χ3v) is 5.15. The lowest BCUT2D eigenvalue weighted by atomic mass is 10.2. The zero-order valence-corrected chi connectivity index (χ0v) is 13.4. The van der Waals surface area contributed by atoms with Crippen LogP contribution in [0.4, 0.5) is 0 Å². The minimum Gasteiger partial charge on any atom is -0.497 e. The largest absolute Gasteiger partial charge is 0.497 e. The zero-order valence-electron chi connectivity index (χ0n) is 11.8. The molecule has 0 aliphatic rings. The van der Waals surface area contributed by atoms with Gasteiger partial charge in [0.05, 0.1) is 17.4 Å². The van der Waals surface area contributed by atoms with Gasteiger partial charge in [-0.15, -0.1) is 0 Å². The first-order valence-corrected chi connectivity index (χ1v) is 8.65.